The summed E-state index contributed by atoms with van der Waals surface area (Å²) in [6.45, 7) is 15.0. The van der Waals surface area contributed by atoms with Crippen LogP contribution in [0.15, 0.2) is 110 Å². The van der Waals surface area contributed by atoms with E-state index in [0.29, 0.717) is 46.5 Å². The molecule has 0 saturated heterocycles. The average molecular weight is 973 g/mol. The number of halogens is 12. The highest BCUT2D eigenvalue weighted by Crippen LogP contribution is 2.59. The van der Waals surface area contributed by atoms with Gasteiger partial charge in [-0.2, -0.15) is 52.7 Å². The van der Waals surface area contributed by atoms with E-state index < -0.39 is 90.4 Å². The Kier molecular flexibility index (Phi) is 12.3. The number of fused-ring (bicyclic) bond motifs is 2. The summed E-state index contributed by atoms with van der Waals surface area (Å²) in [4.78, 5) is 0. The third kappa shape index (κ3) is 9.93. The predicted molar refractivity (Wildman–Crippen MR) is 229 cm³/mol. The van der Waals surface area contributed by atoms with Crippen molar-refractivity contribution in [2.45, 2.75) is 96.3 Å². The molecule has 0 amide bonds. The standard InChI is InChI=1S/C47H42F12N2O3P2/c1-41(2,3)27-23-35-39(37(25-27)63-65(60-13-9-10-14-60)33-19-29(44(48,49)50)17-30(20-33)45(51,52)53)62-40-36(43(35,7)8)24-28(42(4,5)6)26-38(40)64-66(61-15-11-12-16-61)34-21-31(46(54,55)56)18-32(22-34)47(57,58)59/h9-26H,1-8H3. The maximum Gasteiger partial charge on any atom is 0.416 e. The second-order valence-corrected chi connectivity index (χ2v) is 21.7. The Bertz CT molecular complexity index is 2490. The molecule has 3 heterocycles. The van der Waals surface area contributed by atoms with Gasteiger partial charge in [0.25, 0.3) is 0 Å². The summed E-state index contributed by atoms with van der Waals surface area (Å²) in [6.07, 6.45) is -14.9. The van der Waals surface area contributed by atoms with E-state index in [-0.39, 0.29) is 35.1 Å². The molecule has 5 nitrogen and oxygen atoms in total. The second-order valence-electron chi connectivity index (χ2n) is 18.3. The van der Waals surface area contributed by atoms with E-state index in [0.717, 1.165) is 0 Å². The largest absolute Gasteiger partial charge is 0.449 e. The Morgan fingerprint density at radius 1 is 0.424 bits per heavy atom. The van der Waals surface area contributed by atoms with Gasteiger partial charge in [-0.15, -0.1) is 0 Å². The van der Waals surface area contributed by atoms with Crippen LogP contribution in [0.25, 0.3) is 0 Å². The van der Waals surface area contributed by atoms with Crippen molar-refractivity contribution in [1.82, 2.24) is 8.68 Å². The summed E-state index contributed by atoms with van der Waals surface area (Å²) in [7, 11) is -5.16. The van der Waals surface area contributed by atoms with E-state index in [9.17, 15) is 52.7 Å². The number of hydrogen-bond donors (Lipinski definition) is 0. The molecular weight excluding hydrogens is 930 g/mol. The number of aromatic nitrogens is 2. The van der Waals surface area contributed by atoms with Gasteiger partial charge in [-0.25, -0.2) is 0 Å². The molecule has 1 aliphatic rings. The van der Waals surface area contributed by atoms with Gasteiger partial charge in [0.1, 0.15) is 0 Å². The summed E-state index contributed by atoms with van der Waals surface area (Å²) in [5.41, 5.74) is -6.20. The van der Waals surface area contributed by atoms with Crippen molar-refractivity contribution in [3.63, 3.8) is 0 Å². The molecule has 0 aliphatic carbocycles. The van der Waals surface area contributed by atoms with Crippen LogP contribution < -0.4 is 24.4 Å². The van der Waals surface area contributed by atoms with Gasteiger partial charge in [0.05, 0.1) is 22.3 Å². The topological polar surface area (TPSA) is 37.5 Å². The summed E-state index contributed by atoms with van der Waals surface area (Å²) in [5, 5.41) is -0.881. The number of nitrogens with zero attached hydrogens (tertiary/aromatic N) is 2. The number of hydrogen-bond acceptors (Lipinski definition) is 3. The fourth-order valence-electron chi connectivity index (χ4n) is 7.24. The summed E-state index contributed by atoms with van der Waals surface area (Å²) in [5.74, 6) is -0.151. The molecule has 2 aromatic heterocycles. The molecule has 0 saturated carbocycles. The summed E-state index contributed by atoms with van der Waals surface area (Å²) >= 11 is 0. The molecule has 19 heteroatoms. The molecule has 2 unspecified atom stereocenters. The van der Waals surface area contributed by atoms with Crippen LogP contribution in [0.2, 0.25) is 0 Å². The van der Waals surface area contributed by atoms with Gasteiger partial charge >= 0.3 is 24.7 Å². The van der Waals surface area contributed by atoms with Crippen molar-refractivity contribution in [1.29, 1.82) is 0 Å². The highest BCUT2D eigenvalue weighted by Gasteiger charge is 2.44. The highest BCUT2D eigenvalue weighted by atomic mass is 31.2. The fraction of sp³-hybridized carbons (Fsp3) is 0.319. The molecule has 2 atom stereocenters. The second kappa shape index (κ2) is 16.6. The summed E-state index contributed by atoms with van der Waals surface area (Å²) in [6, 6.07) is 15.4. The van der Waals surface area contributed by atoms with E-state index in [1.807, 2.05) is 67.5 Å². The van der Waals surface area contributed by atoms with Crippen LogP contribution in [-0.4, -0.2) is 8.68 Å². The zero-order valence-electron chi connectivity index (χ0n) is 36.4. The van der Waals surface area contributed by atoms with Gasteiger partial charge in [-0.3, -0.25) is 8.68 Å². The lowest BCUT2D eigenvalue weighted by Gasteiger charge is -2.39. The first-order valence-corrected chi connectivity index (χ1v) is 22.5. The lowest BCUT2D eigenvalue weighted by Crippen LogP contribution is -2.28. The van der Waals surface area contributed by atoms with Crippen molar-refractivity contribution >= 4 is 27.2 Å². The van der Waals surface area contributed by atoms with Gasteiger partial charge in [0.2, 0.25) is 16.6 Å². The van der Waals surface area contributed by atoms with Gasteiger partial charge < -0.3 is 13.8 Å². The number of rotatable bonds is 8. The first-order chi connectivity index (χ1) is 30.2. The van der Waals surface area contributed by atoms with Gasteiger partial charge in [-0.1, -0.05) is 67.5 Å². The van der Waals surface area contributed by atoms with Crippen LogP contribution >= 0.6 is 16.6 Å². The van der Waals surface area contributed by atoms with E-state index in [1.165, 1.54) is 57.7 Å². The smallest absolute Gasteiger partial charge is 0.416 e. The third-order valence-electron chi connectivity index (χ3n) is 10.9. The van der Waals surface area contributed by atoms with Crippen LogP contribution in [0.4, 0.5) is 52.7 Å². The molecule has 0 spiro atoms. The normalized spacial score (nSPS) is 15.4. The lowest BCUT2D eigenvalue weighted by atomic mass is 9.72. The SMILES string of the molecule is CC(C)(C)c1cc(OP(c2cc(C(F)(F)F)cc(C(F)(F)F)c2)n2cccc2)c2c(c1)C(C)(C)c1cc(C(C)(C)C)cc(OP(c3cc(C(F)(F)F)cc(C(F)(F)F)c3)n3cccc3)c1O2. The maximum atomic E-state index is 14.2. The molecule has 352 valence electrons. The maximum absolute atomic E-state index is 14.2. The zero-order valence-corrected chi connectivity index (χ0v) is 38.2. The molecular formula is C47H42F12N2O3P2. The van der Waals surface area contributed by atoms with Crippen LogP contribution in [0.5, 0.6) is 23.0 Å². The first kappa shape index (κ1) is 48.8. The van der Waals surface area contributed by atoms with E-state index >= 15 is 0 Å². The molecule has 0 bridgehead atoms. The molecule has 6 aromatic rings. The van der Waals surface area contributed by atoms with Crippen molar-refractivity contribution in [3.8, 4) is 23.0 Å². The van der Waals surface area contributed by atoms with Crippen molar-refractivity contribution in [3.05, 3.63) is 154 Å². The lowest BCUT2D eigenvalue weighted by molar-refractivity contribution is -0.144. The van der Waals surface area contributed by atoms with Crippen LogP contribution in [0.3, 0.4) is 0 Å². The number of alkyl halides is 12. The Morgan fingerprint density at radius 3 is 0.970 bits per heavy atom. The molecule has 7 rings (SSSR count). The molecule has 0 radical (unpaired) electrons. The average Bonchev–Trinajstić information content (AvgIpc) is 3.93. The Hall–Kier alpha value is -5.14. The number of benzene rings is 4. The molecule has 4 aromatic carbocycles. The fourth-order valence-corrected chi connectivity index (χ4v) is 10.6. The summed E-state index contributed by atoms with van der Waals surface area (Å²) < 4.78 is 194. The predicted octanol–water partition coefficient (Wildman–Crippen LogP) is 15.5. The highest BCUT2D eigenvalue weighted by molar-refractivity contribution is 7.60. The van der Waals surface area contributed by atoms with Gasteiger partial charge in [-0.05, 0) is 94.8 Å². The minimum Gasteiger partial charge on any atom is -0.449 e. The monoisotopic (exact) mass is 972 g/mol. The van der Waals surface area contributed by atoms with E-state index in [4.69, 9.17) is 13.8 Å². The van der Waals surface area contributed by atoms with Gasteiger partial charge in [0.15, 0.2) is 23.0 Å². The molecule has 66 heavy (non-hydrogen) atoms. The third-order valence-corrected chi connectivity index (χ3v) is 14.5. The Balaban J connectivity index is 1.47. The minimum absolute atomic E-state index is 0.000235. The Labute approximate surface area is 375 Å². The van der Waals surface area contributed by atoms with Crippen molar-refractivity contribution in [2.24, 2.45) is 0 Å². The first-order valence-electron chi connectivity index (χ1n) is 20.1. The molecule has 0 fully saturated rings. The van der Waals surface area contributed by atoms with Gasteiger partial charge in [0, 0.05) is 51.9 Å². The quantitative estimate of drug-likeness (QED) is 0.113. The van der Waals surface area contributed by atoms with E-state index in [1.54, 1.807) is 12.1 Å². The minimum atomic E-state index is -5.17. The van der Waals surface area contributed by atoms with E-state index in [2.05, 4.69) is 0 Å². The Morgan fingerprint density at radius 2 is 0.712 bits per heavy atom. The number of ether oxygens (including phenoxy) is 1. The van der Waals surface area contributed by atoms with Crippen molar-refractivity contribution < 1.29 is 66.5 Å². The van der Waals surface area contributed by atoms with Crippen LogP contribution in [-0.2, 0) is 41.0 Å². The zero-order chi connectivity index (χ0) is 48.7. The molecule has 1 aliphatic heterocycles. The van der Waals surface area contributed by atoms with Crippen LogP contribution in [0.1, 0.15) is 99.9 Å². The van der Waals surface area contributed by atoms with Crippen LogP contribution in [0, 0.1) is 0 Å². The van der Waals surface area contributed by atoms with Crippen molar-refractivity contribution in [2.75, 3.05) is 0 Å². The molecule has 0 N–H and O–H groups in total.